The molecule has 2 rings (SSSR count). The quantitative estimate of drug-likeness (QED) is 0.927. The van der Waals surface area contributed by atoms with Gasteiger partial charge in [0, 0.05) is 23.7 Å². The molecule has 0 fully saturated rings. The Hall–Kier alpha value is -1.68. The predicted octanol–water partition coefficient (Wildman–Crippen LogP) is 3.90. The van der Waals surface area contributed by atoms with Crippen LogP contribution in [0.15, 0.2) is 18.2 Å². The van der Waals surface area contributed by atoms with Crippen LogP contribution in [0.3, 0.4) is 0 Å². The van der Waals surface area contributed by atoms with Crippen molar-refractivity contribution in [2.45, 2.75) is 26.7 Å². The molecule has 0 spiro atoms. The summed E-state index contributed by atoms with van der Waals surface area (Å²) in [7, 11) is 0. The van der Waals surface area contributed by atoms with Crippen LogP contribution in [0.25, 0.3) is 11.3 Å². The summed E-state index contributed by atoms with van der Waals surface area (Å²) in [6.45, 7) is 3.87. The van der Waals surface area contributed by atoms with Crippen molar-refractivity contribution < 1.29 is 9.50 Å². The van der Waals surface area contributed by atoms with Gasteiger partial charge in [-0.15, -0.1) is 0 Å². The lowest BCUT2D eigenvalue weighted by molar-refractivity contribution is 0.469. The summed E-state index contributed by atoms with van der Waals surface area (Å²) >= 11 is 5.82. The monoisotopic (exact) mass is 280 g/mol. The first-order chi connectivity index (χ1) is 9.01. The molecular formula is C14H14ClFN2O. The van der Waals surface area contributed by atoms with Crippen LogP contribution in [0, 0.1) is 12.7 Å². The summed E-state index contributed by atoms with van der Waals surface area (Å²) in [6, 6.07) is 4.07. The molecule has 1 aromatic carbocycles. The van der Waals surface area contributed by atoms with Crippen molar-refractivity contribution in [3.63, 3.8) is 0 Å². The number of phenolic OH excluding ortho intramolecular Hbond substituents is 1. The van der Waals surface area contributed by atoms with Gasteiger partial charge in [0.15, 0.2) is 0 Å². The minimum absolute atomic E-state index is 0.102. The highest BCUT2D eigenvalue weighted by Crippen LogP contribution is 2.31. The van der Waals surface area contributed by atoms with Gasteiger partial charge in [0.1, 0.15) is 17.4 Å². The summed E-state index contributed by atoms with van der Waals surface area (Å²) in [5.41, 5.74) is 1.53. The van der Waals surface area contributed by atoms with Gasteiger partial charge in [-0.2, -0.15) is 0 Å². The van der Waals surface area contributed by atoms with Crippen molar-refractivity contribution in [1.29, 1.82) is 0 Å². The molecule has 0 amide bonds. The molecule has 5 heteroatoms. The van der Waals surface area contributed by atoms with Crippen LogP contribution >= 0.6 is 11.6 Å². The van der Waals surface area contributed by atoms with Crippen molar-refractivity contribution in [2.75, 3.05) is 0 Å². The van der Waals surface area contributed by atoms with E-state index in [1.54, 1.807) is 6.07 Å². The van der Waals surface area contributed by atoms with Crippen molar-refractivity contribution in [2.24, 2.45) is 0 Å². The summed E-state index contributed by atoms with van der Waals surface area (Å²) in [5.74, 6) is -0.147. The van der Waals surface area contributed by atoms with E-state index in [0.717, 1.165) is 24.6 Å². The van der Waals surface area contributed by atoms with E-state index in [1.807, 2.05) is 13.8 Å². The van der Waals surface area contributed by atoms with E-state index in [0.29, 0.717) is 11.5 Å². The van der Waals surface area contributed by atoms with E-state index in [1.165, 1.54) is 6.07 Å². The Morgan fingerprint density at radius 3 is 2.68 bits per heavy atom. The van der Waals surface area contributed by atoms with Crippen LogP contribution in [0.1, 0.15) is 24.9 Å². The second-order valence-corrected chi connectivity index (χ2v) is 4.75. The smallest absolute Gasteiger partial charge is 0.137 e. The van der Waals surface area contributed by atoms with Crippen LogP contribution in [0.5, 0.6) is 5.75 Å². The Labute approximate surface area is 116 Å². The standard InChI is InChI=1S/C14H14ClFN2O/c1-3-4-14-17-8(2)5-12(18-14)9-6-10(15)13(19)7-11(9)16/h5-7,19H,3-4H2,1-2H3. The van der Waals surface area contributed by atoms with E-state index in [2.05, 4.69) is 9.97 Å². The van der Waals surface area contributed by atoms with Crippen molar-refractivity contribution >= 4 is 11.6 Å². The van der Waals surface area contributed by atoms with Gasteiger partial charge in [-0.25, -0.2) is 14.4 Å². The Bertz CT molecular complexity index is 617. The van der Waals surface area contributed by atoms with Crippen molar-refractivity contribution in [3.05, 3.63) is 40.6 Å². The predicted molar refractivity (Wildman–Crippen MR) is 72.8 cm³/mol. The first-order valence-corrected chi connectivity index (χ1v) is 6.42. The van der Waals surface area contributed by atoms with Gasteiger partial charge < -0.3 is 5.11 Å². The largest absolute Gasteiger partial charge is 0.506 e. The molecule has 0 aliphatic carbocycles. The fraction of sp³-hybridized carbons (Fsp3) is 0.286. The molecule has 1 aromatic heterocycles. The summed E-state index contributed by atoms with van der Waals surface area (Å²) in [5, 5.41) is 9.46. The van der Waals surface area contributed by atoms with Crippen LogP contribution in [0.2, 0.25) is 5.02 Å². The fourth-order valence-corrected chi connectivity index (χ4v) is 2.00. The maximum Gasteiger partial charge on any atom is 0.137 e. The van der Waals surface area contributed by atoms with Crippen LogP contribution in [-0.4, -0.2) is 15.1 Å². The van der Waals surface area contributed by atoms with Gasteiger partial charge in [0.05, 0.1) is 10.7 Å². The lowest BCUT2D eigenvalue weighted by Gasteiger charge is -2.08. The number of hydrogen-bond acceptors (Lipinski definition) is 3. The topological polar surface area (TPSA) is 46.0 Å². The van der Waals surface area contributed by atoms with Gasteiger partial charge in [0.2, 0.25) is 0 Å². The van der Waals surface area contributed by atoms with E-state index in [-0.39, 0.29) is 16.3 Å². The molecular weight excluding hydrogens is 267 g/mol. The fourth-order valence-electron chi connectivity index (χ4n) is 1.84. The highest BCUT2D eigenvalue weighted by atomic mass is 35.5. The lowest BCUT2D eigenvalue weighted by Crippen LogP contribution is -1.99. The SMILES string of the molecule is CCCc1nc(C)cc(-c2cc(Cl)c(O)cc2F)n1. The third kappa shape index (κ3) is 3.01. The lowest BCUT2D eigenvalue weighted by atomic mass is 10.1. The zero-order chi connectivity index (χ0) is 14.0. The molecule has 0 saturated carbocycles. The van der Waals surface area contributed by atoms with Crippen LogP contribution < -0.4 is 0 Å². The number of nitrogens with zero attached hydrogens (tertiary/aromatic N) is 2. The molecule has 0 unspecified atom stereocenters. The average Bonchev–Trinajstić information content (AvgIpc) is 2.33. The molecule has 0 saturated heterocycles. The summed E-state index contributed by atoms with van der Waals surface area (Å²) in [4.78, 5) is 8.64. The Morgan fingerprint density at radius 1 is 1.26 bits per heavy atom. The maximum absolute atomic E-state index is 13.9. The van der Waals surface area contributed by atoms with Crippen molar-refractivity contribution in [1.82, 2.24) is 9.97 Å². The first-order valence-electron chi connectivity index (χ1n) is 6.04. The highest BCUT2D eigenvalue weighted by molar-refractivity contribution is 6.32. The average molecular weight is 281 g/mol. The van der Waals surface area contributed by atoms with Gasteiger partial charge in [-0.05, 0) is 25.5 Å². The van der Waals surface area contributed by atoms with Gasteiger partial charge in [0.25, 0.3) is 0 Å². The molecule has 1 heterocycles. The number of hydrogen-bond donors (Lipinski definition) is 1. The van der Waals surface area contributed by atoms with E-state index < -0.39 is 5.82 Å². The minimum Gasteiger partial charge on any atom is -0.506 e. The van der Waals surface area contributed by atoms with Crippen molar-refractivity contribution in [3.8, 4) is 17.0 Å². The maximum atomic E-state index is 13.9. The van der Waals surface area contributed by atoms with Crippen LogP contribution in [-0.2, 0) is 6.42 Å². The van der Waals surface area contributed by atoms with Gasteiger partial charge in [-0.1, -0.05) is 18.5 Å². The Balaban J connectivity index is 2.55. The zero-order valence-corrected chi connectivity index (χ0v) is 11.5. The number of benzene rings is 1. The Kier molecular flexibility index (Phi) is 4.00. The van der Waals surface area contributed by atoms with Gasteiger partial charge in [-0.3, -0.25) is 0 Å². The number of rotatable bonds is 3. The number of aromatic hydroxyl groups is 1. The minimum atomic E-state index is -0.553. The third-order valence-corrected chi connectivity index (χ3v) is 2.99. The second kappa shape index (κ2) is 5.53. The third-order valence-electron chi connectivity index (χ3n) is 2.69. The van der Waals surface area contributed by atoms with E-state index in [9.17, 15) is 9.50 Å². The number of aryl methyl sites for hydroxylation is 2. The summed E-state index contributed by atoms with van der Waals surface area (Å²) in [6.07, 6.45) is 1.66. The Morgan fingerprint density at radius 2 is 2.00 bits per heavy atom. The van der Waals surface area contributed by atoms with E-state index >= 15 is 0 Å². The zero-order valence-electron chi connectivity index (χ0n) is 10.7. The molecule has 0 radical (unpaired) electrons. The number of phenols is 1. The van der Waals surface area contributed by atoms with E-state index in [4.69, 9.17) is 11.6 Å². The van der Waals surface area contributed by atoms with Gasteiger partial charge >= 0.3 is 0 Å². The first kappa shape index (κ1) is 13.7. The molecule has 1 N–H and O–H groups in total. The molecule has 19 heavy (non-hydrogen) atoms. The molecule has 0 atom stereocenters. The normalized spacial score (nSPS) is 10.7. The summed E-state index contributed by atoms with van der Waals surface area (Å²) < 4.78 is 13.9. The highest BCUT2D eigenvalue weighted by Gasteiger charge is 2.12. The molecule has 100 valence electrons. The van der Waals surface area contributed by atoms with Crippen LogP contribution in [0.4, 0.5) is 4.39 Å². The molecule has 0 aliphatic heterocycles. The molecule has 0 bridgehead atoms. The number of halogens is 2. The number of aromatic nitrogens is 2. The molecule has 3 nitrogen and oxygen atoms in total. The molecule has 0 aliphatic rings. The second-order valence-electron chi connectivity index (χ2n) is 4.34. The molecule has 2 aromatic rings.